The van der Waals surface area contributed by atoms with Crippen molar-refractivity contribution in [1.29, 1.82) is 0 Å². The highest BCUT2D eigenvalue weighted by molar-refractivity contribution is 8.03. The van der Waals surface area contributed by atoms with Gasteiger partial charge in [-0.3, -0.25) is 4.55 Å². The second kappa shape index (κ2) is 6.32. The zero-order valence-electron chi connectivity index (χ0n) is 11.9. The summed E-state index contributed by atoms with van der Waals surface area (Å²) in [5, 5.41) is 4.55. The fourth-order valence-corrected chi connectivity index (χ4v) is 4.20. The van der Waals surface area contributed by atoms with Crippen LogP contribution < -0.4 is 4.90 Å². The van der Waals surface area contributed by atoms with Crippen molar-refractivity contribution < 1.29 is 13.0 Å². The fraction of sp³-hybridized carbons (Fsp3) is 0.250. The van der Waals surface area contributed by atoms with Crippen molar-refractivity contribution >= 4 is 38.3 Å². The molecule has 0 radical (unpaired) electrons. The largest absolute Gasteiger partial charge is 0.334 e. The summed E-state index contributed by atoms with van der Waals surface area (Å²) in [6.07, 6.45) is 3.17. The fourth-order valence-electron chi connectivity index (χ4n) is 2.67. The number of rotatable bonds is 5. The van der Waals surface area contributed by atoms with E-state index in [1.807, 2.05) is 29.8 Å². The van der Waals surface area contributed by atoms with E-state index in [2.05, 4.69) is 29.2 Å². The highest BCUT2D eigenvalue weighted by Gasteiger charge is 2.23. The van der Waals surface area contributed by atoms with Crippen molar-refractivity contribution in [2.24, 2.45) is 0 Å². The Kier molecular flexibility index (Phi) is 4.42. The number of anilines is 1. The third-order valence-electron chi connectivity index (χ3n) is 3.67. The molecule has 0 bridgehead atoms. The second-order valence-corrected chi connectivity index (χ2v) is 7.87. The number of nitrogens with zero attached hydrogens (tertiary/aromatic N) is 1. The van der Waals surface area contributed by atoms with Gasteiger partial charge in [-0.15, -0.1) is 11.8 Å². The van der Waals surface area contributed by atoms with Crippen LogP contribution >= 0.6 is 11.8 Å². The average Bonchev–Trinajstić information content (AvgIpc) is 2.93. The second-order valence-electron chi connectivity index (χ2n) is 5.21. The van der Waals surface area contributed by atoms with Crippen molar-refractivity contribution in [2.75, 3.05) is 10.7 Å². The van der Waals surface area contributed by atoms with Crippen LogP contribution in [0.25, 0.3) is 10.8 Å². The molecule has 0 fully saturated rings. The quantitative estimate of drug-likeness (QED) is 0.841. The molecule has 1 aliphatic rings. The first kappa shape index (κ1) is 15.4. The van der Waals surface area contributed by atoms with E-state index in [4.69, 9.17) is 4.55 Å². The lowest BCUT2D eigenvalue weighted by molar-refractivity contribution is 0.480. The first-order chi connectivity index (χ1) is 10.5. The van der Waals surface area contributed by atoms with Gasteiger partial charge in [0.05, 0.1) is 11.1 Å². The van der Waals surface area contributed by atoms with Gasteiger partial charge in [0.1, 0.15) is 0 Å². The van der Waals surface area contributed by atoms with Crippen LogP contribution in [0.4, 0.5) is 5.69 Å². The van der Waals surface area contributed by atoms with E-state index >= 15 is 0 Å². The van der Waals surface area contributed by atoms with Gasteiger partial charge in [0, 0.05) is 17.3 Å². The molecule has 1 unspecified atom stereocenters. The molecule has 0 saturated heterocycles. The summed E-state index contributed by atoms with van der Waals surface area (Å²) in [4.78, 5) is 2.18. The first-order valence-corrected chi connectivity index (χ1v) is 9.63. The summed E-state index contributed by atoms with van der Waals surface area (Å²) in [6.45, 7) is 0. The Morgan fingerprint density at radius 2 is 1.91 bits per heavy atom. The molecule has 0 aliphatic carbocycles. The smallest absolute Gasteiger partial charge is 0.264 e. The van der Waals surface area contributed by atoms with Gasteiger partial charge in [0.25, 0.3) is 10.1 Å². The lowest BCUT2D eigenvalue weighted by Gasteiger charge is -2.26. The molecule has 1 atom stereocenters. The van der Waals surface area contributed by atoms with Crippen LogP contribution in [0.15, 0.2) is 54.1 Å². The van der Waals surface area contributed by atoms with Crippen molar-refractivity contribution in [2.45, 2.75) is 18.2 Å². The maximum absolute atomic E-state index is 10.9. The van der Waals surface area contributed by atoms with Gasteiger partial charge in [-0.05, 0) is 29.7 Å². The molecule has 0 amide bonds. The van der Waals surface area contributed by atoms with Crippen molar-refractivity contribution in [3.8, 4) is 0 Å². The molecule has 2 aromatic carbocycles. The highest BCUT2D eigenvalue weighted by Crippen LogP contribution is 2.37. The van der Waals surface area contributed by atoms with Crippen LogP contribution in [-0.2, 0) is 10.1 Å². The van der Waals surface area contributed by atoms with E-state index in [1.54, 1.807) is 11.8 Å². The molecular formula is C16H17NO3S2. The first-order valence-electron chi connectivity index (χ1n) is 7.08. The molecule has 1 heterocycles. The SMILES string of the molecule is O=S(=O)(O)CCCC1SC=CN1c1cccc2ccccc12. The number of hydrogen-bond donors (Lipinski definition) is 1. The van der Waals surface area contributed by atoms with Gasteiger partial charge >= 0.3 is 0 Å². The normalized spacial score (nSPS) is 18.2. The lowest BCUT2D eigenvalue weighted by Crippen LogP contribution is -2.25. The Labute approximate surface area is 134 Å². The molecule has 116 valence electrons. The summed E-state index contributed by atoms with van der Waals surface area (Å²) in [6, 6.07) is 14.4. The molecule has 0 spiro atoms. The maximum Gasteiger partial charge on any atom is 0.264 e. The minimum absolute atomic E-state index is 0.160. The maximum atomic E-state index is 10.9. The standard InChI is InChI=1S/C16H17NO3S2/c18-22(19,20)12-4-9-16-17(10-11-21-16)15-8-3-6-13-5-1-2-7-14(13)15/h1-3,5-8,10-11,16H,4,9,12H2,(H,18,19,20). The van der Waals surface area contributed by atoms with Crippen LogP contribution in [0.2, 0.25) is 0 Å². The number of fused-ring (bicyclic) bond motifs is 1. The predicted molar refractivity (Wildman–Crippen MR) is 92.6 cm³/mol. The summed E-state index contributed by atoms with van der Waals surface area (Å²) in [5.74, 6) is -0.187. The zero-order valence-corrected chi connectivity index (χ0v) is 13.6. The van der Waals surface area contributed by atoms with E-state index in [-0.39, 0.29) is 11.1 Å². The van der Waals surface area contributed by atoms with Gasteiger partial charge < -0.3 is 4.90 Å². The van der Waals surface area contributed by atoms with Crippen LogP contribution in [0.1, 0.15) is 12.8 Å². The monoisotopic (exact) mass is 335 g/mol. The van der Waals surface area contributed by atoms with Gasteiger partial charge in [-0.25, -0.2) is 0 Å². The number of hydrogen-bond acceptors (Lipinski definition) is 4. The zero-order chi connectivity index (χ0) is 15.6. The van der Waals surface area contributed by atoms with Crippen LogP contribution in [0.3, 0.4) is 0 Å². The van der Waals surface area contributed by atoms with Crippen LogP contribution in [0, 0.1) is 0 Å². The Morgan fingerprint density at radius 1 is 1.14 bits per heavy atom. The van der Waals surface area contributed by atoms with Gasteiger partial charge in [0.2, 0.25) is 0 Å². The van der Waals surface area contributed by atoms with Crippen molar-refractivity contribution in [1.82, 2.24) is 0 Å². The van der Waals surface area contributed by atoms with Gasteiger partial charge in [0.15, 0.2) is 0 Å². The molecular weight excluding hydrogens is 318 g/mol. The topological polar surface area (TPSA) is 57.6 Å². The van der Waals surface area contributed by atoms with Crippen molar-refractivity contribution in [3.05, 3.63) is 54.1 Å². The van der Waals surface area contributed by atoms with Crippen LogP contribution in [0.5, 0.6) is 0 Å². The molecule has 1 aliphatic heterocycles. The van der Waals surface area contributed by atoms with E-state index < -0.39 is 10.1 Å². The molecule has 0 saturated carbocycles. The Morgan fingerprint density at radius 3 is 2.73 bits per heavy atom. The Hall–Kier alpha value is -1.50. The number of benzene rings is 2. The van der Waals surface area contributed by atoms with E-state index in [0.29, 0.717) is 12.8 Å². The number of thioether (sulfide) groups is 1. The third kappa shape index (κ3) is 3.45. The van der Waals surface area contributed by atoms with Gasteiger partial charge in [-0.2, -0.15) is 8.42 Å². The summed E-state index contributed by atoms with van der Waals surface area (Å²) < 4.78 is 30.6. The summed E-state index contributed by atoms with van der Waals surface area (Å²) in [7, 11) is -3.88. The van der Waals surface area contributed by atoms with Crippen molar-refractivity contribution in [3.63, 3.8) is 0 Å². The molecule has 3 rings (SSSR count). The third-order valence-corrected chi connectivity index (χ3v) is 5.53. The summed E-state index contributed by atoms with van der Waals surface area (Å²) in [5.41, 5.74) is 1.12. The molecule has 2 aromatic rings. The average molecular weight is 335 g/mol. The van der Waals surface area contributed by atoms with Crippen LogP contribution in [-0.4, -0.2) is 24.1 Å². The highest BCUT2D eigenvalue weighted by atomic mass is 32.2. The molecule has 22 heavy (non-hydrogen) atoms. The molecule has 1 N–H and O–H groups in total. The minimum atomic E-state index is -3.88. The van der Waals surface area contributed by atoms with E-state index in [1.165, 1.54) is 10.8 Å². The summed E-state index contributed by atoms with van der Waals surface area (Å²) >= 11 is 1.67. The van der Waals surface area contributed by atoms with Gasteiger partial charge in [-0.1, -0.05) is 36.4 Å². The lowest BCUT2D eigenvalue weighted by atomic mass is 10.1. The van der Waals surface area contributed by atoms with E-state index in [0.717, 1.165) is 5.69 Å². The molecule has 6 heteroatoms. The van der Waals surface area contributed by atoms with E-state index in [9.17, 15) is 8.42 Å². The molecule has 0 aromatic heterocycles. The molecule has 4 nitrogen and oxygen atoms in total. The predicted octanol–water partition coefficient (Wildman–Crippen LogP) is 3.86. The Balaban J connectivity index is 1.81. The Bertz CT molecular complexity index is 797. The minimum Gasteiger partial charge on any atom is -0.334 e.